The Balaban J connectivity index is 2.06. The van der Waals surface area contributed by atoms with E-state index in [4.69, 9.17) is 10.7 Å². The van der Waals surface area contributed by atoms with Crippen molar-refractivity contribution >= 4 is 28.9 Å². The third kappa shape index (κ3) is 4.03. The highest BCUT2D eigenvalue weighted by atomic mass is 32.2. The summed E-state index contributed by atoms with van der Waals surface area (Å²) in [6.07, 6.45) is 8.16. The maximum absolute atomic E-state index is 6.45. The van der Waals surface area contributed by atoms with Gasteiger partial charge in [0.15, 0.2) is 0 Å². The third-order valence-electron chi connectivity index (χ3n) is 4.02. The largest absolute Gasteiger partial charge is 0.398 e. The van der Waals surface area contributed by atoms with Crippen LogP contribution in [-0.2, 0) is 0 Å². The Morgan fingerprint density at radius 1 is 1.08 bits per heavy atom. The summed E-state index contributed by atoms with van der Waals surface area (Å²) in [4.78, 5) is 10.4. The summed E-state index contributed by atoms with van der Waals surface area (Å²) in [5, 5.41) is 0. The lowest BCUT2D eigenvalue weighted by Crippen LogP contribution is -2.10. The molecule has 1 aliphatic rings. The number of thioether (sulfide) groups is 1. The number of benzene rings is 1. The van der Waals surface area contributed by atoms with Crippen LogP contribution >= 0.6 is 11.8 Å². The lowest BCUT2D eigenvalue weighted by atomic mass is 9.99. The Morgan fingerprint density at radius 2 is 1.85 bits per heavy atom. The molecule has 3 rings (SSSR count). The highest BCUT2D eigenvalue weighted by Crippen LogP contribution is 2.27. The Morgan fingerprint density at radius 3 is 2.54 bits per heavy atom. The van der Waals surface area contributed by atoms with Crippen LogP contribution in [0.2, 0.25) is 0 Å². The van der Waals surface area contributed by atoms with Crippen LogP contribution < -0.4 is 5.73 Å². The van der Waals surface area contributed by atoms with Crippen LogP contribution in [0, 0.1) is 6.92 Å². The third-order valence-corrected chi connectivity index (χ3v) is 4.74. The van der Waals surface area contributed by atoms with Gasteiger partial charge in [0.1, 0.15) is 0 Å². The number of hydrogen-bond donors (Lipinski definition) is 1. The molecular weight excluding hydrogens is 338 g/mol. The molecule has 0 radical (unpaired) electrons. The van der Waals surface area contributed by atoms with Gasteiger partial charge in [0.25, 0.3) is 0 Å². The highest BCUT2D eigenvalue weighted by Gasteiger charge is 2.14. The molecule has 0 unspecified atom stereocenters. The van der Waals surface area contributed by atoms with Gasteiger partial charge in [0.2, 0.25) is 0 Å². The minimum Gasteiger partial charge on any atom is -0.398 e. The predicted molar refractivity (Wildman–Crippen MR) is 114 cm³/mol. The summed E-state index contributed by atoms with van der Waals surface area (Å²) < 4.78 is 0. The second-order valence-corrected chi connectivity index (χ2v) is 6.77. The first-order valence-corrected chi connectivity index (χ1v) is 9.52. The molecule has 2 aromatic rings. The molecule has 0 bridgehead atoms. The van der Waals surface area contributed by atoms with Crippen molar-refractivity contribution in [2.45, 2.75) is 6.92 Å². The quantitative estimate of drug-likeness (QED) is 0.837. The zero-order valence-electron chi connectivity index (χ0n) is 14.9. The van der Waals surface area contributed by atoms with Gasteiger partial charge in [-0.3, -0.25) is 4.98 Å². The zero-order chi connectivity index (χ0) is 18.5. The lowest BCUT2D eigenvalue weighted by molar-refractivity contribution is 1.16. The molecule has 0 saturated carbocycles. The van der Waals surface area contributed by atoms with Crippen molar-refractivity contribution in [1.82, 2.24) is 4.98 Å². The average molecular weight is 359 g/mol. The van der Waals surface area contributed by atoms with Crippen molar-refractivity contribution in [3.05, 3.63) is 101 Å². The fourth-order valence-electron chi connectivity index (χ4n) is 2.64. The highest BCUT2D eigenvalue weighted by molar-refractivity contribution is 8.02. The van der Waals surface area contributed by atoms with E-state index in [-0.39, 0.29) is 0 Å². The van der Waals surface area contributed by atoms with Crippen LogP contribution in [-0.4, -0.2) is 17.0 Å². The van der Waals surface area contributed by atoms with E-state index in [0.29, 0.717) is 11.4 Å². The van der Waals surface area contributed by atoms with E-state index in [1.807, 2.05) is 73.9 Å². The van der Waals surface area contributed by atoms with Crippen molar-refractivity contribution in [1.29, 1.82) is 0 Å². The molecule has 1 aromatic carbocycles. The number of aromatic nitrogens is 1. The van der Waals surface area contributed by atoms with Gasteiger partial charge in [-0.15, -0.1) is 11.8 Å². The zero-order valence-corrected chi connectivity index (χ0v) is 15.8. The SMILES string of the molecule is C=C(/N=C1/C=C(SC)C=C/C1=C(/N)c1ccccc1)c1cccc(C)n1. The summed E-state index contributed by atoms with van der Waals surface area (Å²) in [5.74, 6) is 0. The molecule has 2 N–H and O–H groups in total. The molecule has 4 heteroatoms. The topological polar surface area (TPSA) is 51.3 Å². The van der Waals surface area contributed by atoms with Gasteiger partial charge in [-0.25, -0.2) is 4.99 Å². The Labute approximate surface area is 158 Å². The van der Waals surface area contributed by atoms with Gasteiger partial charge in [0.05, 0.1) is 17.1 Å². The predicted octanol–water partition coefficient (Wildman–Crippen LogP) is 4.99. The first kappa shape index (κ1) is 18.0. The number of hydrogen-bond acceptors (Lipinski definition) is 4. The van der Waals surface area contributed by atoms with E-state index in [0.717, 1.165) is 33.1 Å². The van der Waals surface area contributed by atoms with E-state index < -0.39 is 0 Å². The van der Waals surface area contributed by atoms with Gasteiger partial charge in [-0.2, -0.15) is 0 Å². The van der Waals surface area contributed by atoms with Crippen molar-refractivity contribution in [2.75, 3.05) is 6.26 Å². The summed E-state index contributed by atoms with van der Waals surface area (Å²) >= 11 is 1.67. The van der Waals surface area contributed by atoms with Gasteiger partial charge in [-0.05, 0) is 49.1 Å². The Bertz CT molecular complexity index is 950. The summed E-state index contributed by atoms with van der Waals surface area (Å²) in [5.41, 5.74) is 12.1. The second-order valence-electron chi connectivity index (χ2n) is 5.89. The van der Waals surface area contributed by atoms with E-state index in [1.165, 1.54) is 0 Å². The molecule has 26 heavy (non-hydrogen) atoms. The molecule has 130 valence electrons. The molecule has 3 nitrogen and oxygen atoms in total. The molecule has 1 aromatic heterocycles. The summed E-state index contributed by atoms with van der Waals surface area (Å²) in [7, 11) is 0. The maximum Gasteiger partial charge on any atom is 0.0883 e. The first-order chi connectivity index (χ1) is 12.6. The molecule has 0 fully saturated rings. The molecule has 0 amide bonds. The van der Waals surface area contributed by atoms with Crippen LogP contribution in [0.1, 0.15) is 17.0 Å². The van der Waals surface area contributed by atoms with Gasteiger partial charge in [-0.1, -0.05) is 43.0 Å². The molecule has 0 aliphatic heterocycles. The second kappa shape index (κ2) is 8.02. The monoisotopic (exact) mass is 359 g/mol. The number of nitrogens with two attached hydrogens (primary N) is 1. The van der Waals surface area contributed by atoms with E-state index in [9.17, 15) is 0 Å². The molecule has 0 atom stereocenters. The molecule has 0 saturated heterocycles. The van der Waals surface area contributed by atoms with Crippen molar-refractivity contribution in [2.24, 2.45) is 10.7 Å². The fourth-order valence-corrected chi connectivity index (χ4v) is 3.07. The minimum atomic E-state index is 0.620. The van der Waals surface area contributed by atoms with Gasteiger partial charge < -0.3 is 5.73 Å². The van der Waals surface area contributed by atoms with Crippen molar-refractivity contribution in [3.8, 4) is 0 Å². The Kier molecular flexibility index (Phi) is 5.54. The fraction of sp³-hybridized carbons (Fsp3) is 0.0909. The van der Waals surface area contributed by atoms with Crippen LogP contribution in [0.25, 0.3) is 11.4 Å². The number of nitrogens with zero attached hydrogens (tertiary/aromatic N) is 2. The smallest absolute Gasteiger partial charge is 0.0883 e. The standard InChI is InChI=1S/C22H21N3S/c1-15-8-7-11-20(24-15)16(2)25-21-14-18(26-3)12-13-19(21)22(23)17-9-5-4-6-10-17/h4-14H,2,23H2,1,3H3/b22-19-,25-21-. The van der Waals surface area contributed by atoms with E-state index in [1.54, 1.807) is 11.8 Å². The van der Waals surface area contributed by atoms with E-state index >= 15 is 0 Å². The summed E-state index contributed by atoms with van der Waals surface area (Å²) in [6.45, 7) is 6.06. The number of aryl methyl sites for hydroxylation is 1. The minimum absolute atomic E-state index is 0.620. The van der Waals surface area contributed by atoms with E-state index in [2.05, 4.69) is 17.6 Å². The van der Waals surface area contributed by atoms with Crippen molar-refractivity contribution < 1.29 is 0 Å². The van der Waals surface area contributed by atoms with Crippen LogP contribution in [0.3, 0.4) is 0 Å². The van der Waals surface area contributed by atoms with Gasteiger partial charge >= 0.3 is 0 Å². The Hall–Kier alpha value is -2.85. The number of pyridine rings is 1. The average Bonchev–Trinajstić information content (AvgIpc) is 2.68. The normalized spacial score (nSPS) is 17.2. The molecule has 1 aliphatic carbocycles. The maximum atomic E-state index is 6.45. The lowest BCUT2D eigenvalue weighted by Gasteiger charge is -2.15. The number of rotatable bonds is 4. The first-order valence-electron chi connectivity index (χ1n) is 8.29. The summed E-state index contributed by atoms with van der Waals surface area (Å²) in [6, 6.07) is 15.8. The van der Waals surface area contributed by atoms with Crippen LogP contribution in [0.4, 0.5) is 0 Å². The van der Waals surface area contributed by atoms with Gasteiger partial charge in [0, 0.05) is 21.9 Å². The number of allylic oxidation sites excluding steroid dienone is 4. The molecule has 0 spiro atoms. The van der Waals surface area contributed by atoms with Crippen molar-refractivity contribution in [3.63, 3.8) is 0 Å². The van der Waals surface area contributed by atoms with Crippen LogP contribution in [0.5, 0.6) is 0 Å². The molecule has 1 heterocycles. The van der Waals surface area contributed by atoms with Crippen LogP contribution in [0.15, 0.2) is 88.8 Å². The molecular formula is C22H21N3S. The number of aliphatic imine (C=N–C) groups is 1.